The van der Waals surface area contributed by atoms with Crippen molar-refractivity contribution >= 4 is 46.2 Å². The molecule has 0 aliphatic carbocycles. The number of amides is 1. The molecule has 0 aliphatic rings. The number of aromatic carboxylic acids is 1. The van der Waals surface area contributed by atoms with Gasteiger partial charge in [0.25, 0.3) is 0 Å². The molecule has 2 aromatic heterocycles. The van der Waals surface area contributed by atoms with Crippen molar-refractivity contribution < 1.29 is 19.8 Å². The van der Waals surface area contributed by atoms with E-state index >= 15 is 0 Å². The Morgan fingerprint density at radius 3 is 2.56 bits per heavy atom. The number of aromatic amines is 1. The van der Waals surface area contributed by atoms with Crippen molar-refractivity contribution in [3.05, 3.63) is 65.5 Å². The van der Waals surface area contributed by atoms with Crippen LogP contribution in [0.2, 0.25) is 0 Å². The molecule has 2 aromatic carbocycles. The van der Waals surface area contributed by atoms with Crippen LogP contribution in [0.4, 0.5) is 11.6 Å². The lowest BCUT2D eigenvalue weighted by molar-refractivity contribution is 0.0696. The first-order valence-corrected chi connectivity index (χ1v) is 13.9. The Hall–Kier alpha value is -4.12. The van der Waals surface area contributed by atoms with E-state index in [9.17, 15) is 14.7 Å². The normalized spacial score (nSPS) is 11.5. The number of carbonyl (C=O) groups is 2. The first kappa shape index (κ1) is 27.9. The second-order valence-electron chi connectivity index (χ2n) is 9.20. The van der Waals surface area contributed by atoms with Gasteiger partial charge in [-0.1, -0.05) is 44.7 Å². The number of benzene rings is 2. The zero-order valence-electron chi connectivity index (χ0n) is 21.8. The summed E-state index contributed by atoms with van der Waals surface area (Å²) in [6.45, 7) is 2.80. The number of aromatic hydroxyl groups is 1. The van der Waals surface area contributed by atoms with E-state index in [-0.39, 0.29) is 28.8 Å². The molecule has 5 N–H and O–H groups in total. The molecule has 4 rings (SSSR count). The van der Waals surface area contributed by atoms with Gasteiger partial charge in [-0.15, -0.1) is 22.0 Å². The van der Waals surface area contributed by atoms with Crippen molar-refractivity contribution in [2.45, 2.75) is 56.9 Å². The number of nitrogens with two attached hydrogens (primary N) is 1. The third-order valence-electron chi connectivity index (χ3n) is 6.39. The lowest BCUT2D eigenvalue weighted by Gasteiger charge is -2.07. The van der Waals surface area contributed by atoms with E-state index < -0.39 is 11.9 Å². The minimum absolute atomic E-state index is 0.0261. The third kappa shape index (κ3) is 7.05. The van der Waals surface area contributed by atoms with Crippen LogP contribution in [-0.4, -0.2) is 42.4 Å². The van der Waals surface area contributed by atoms with Crippen molar-refractivity contribution in [2.24, 2.45) is 10.2 Å². The third-order valence-corrected chi connectivity index (χ3v) is 7.39. The van der Waals surface area contributed by atoms with E-state index in [4.69, 9.17) is 10.8 Å². The van der Waals surface area contributed by atoms with E-state index in [0.717, 1.165) is 53.8 Å². The predicted octanol–water partition coefficient (Wildman–Crippen LogP) is 6.58. The topological polar surface area (TPSA) is 159 Å². The Balaban J connectivity index is 1.54. The van der Waals surface area contributed by atoms with Crippen LogP contribution in [0.3, 0.4) is 0 Å². The van der Waals surface area contributed by atoms with Crippen LogP contribution < -0.4 is 5.73 Å². The number of aromatic nitrogens is 3. The maximum Gasteiger partial charge on any atom is 0.335 e. The standard InChI is InChI=1S/C28H32N6O4S/c1-2-3-4-5-6-14-34-23-12-11-20(39-15-13-18-7-9-19(10-8-18)27(37)38)16-21(23)24(26(34)36)32-33-25(35)22-17-30-28(29)31-22/h7-12,16-17,36H,2-6,13-15H2,1H3,(H,37,38)(H3,29,30,31). The Morgan fingerprint density at radius 1 is 1.10 bits per heavy atom. The van der Waals surface area contributed by atoms with E-state index in [0.29, 0.717) is 11.9 Å². The number of thioether (sulfide) groups is 1. The van der Waals surface area contributed by atoms with Gasteiger partial charge in [0.2, 0.25) is 5.88 Å². The lowest BCUT2D eigenvalue weighted by Crippen LogP contribution is -1.97. The number of rotatable bonds is 13. The number of hydrogen-bond donors (Lipinski definition) is 4. The SMILES string of the molecule is CCCCCCCn1c(O)c(N=NC(=O)c2cnc(N)[nH]2)c2cc(SCCc3ccc(C(=O)O)cc3)ccc21. The molecule has 1 amide bonds. The minimum Gasteiger partial charge on any atom is -0.493 e. The molecule has 0 saturated carbocycles. The Kier molecular flexibility index (Phi) is 9.37. The number of anilines is 1. The molecule has 0 spiro atoms. The highest BCUT2D eigenvalue weighted by Crippen LogP contribution is 2.41. The fourth-order valence-electron chi connectivity index (χ4n) is 4.29. The van der Waals surface area contributed by atoms with Gasteiger partial charge < -0.3 is 25.5 Å². The van der Waals surface area contributed by atoms with Gasteiger partial charge in [-0.05, 0) is 48.7 Å². The average molecular weight is 549 g/mol. The second-order valence-corrected chi connectivity index (χ2v) is 10.4. The van der Waals surface area contributed by atoms with Gasteiger partial charge in [-0.3, -0.25) is 4.79 Å². The van der Waals surface area contributed by atoms with Gasteiger partial charge in [0.05, 0.1) is 17.3 Å². The number of carbonyl (C=O) groups excluding carboxylic acids is 1. The van der Waals surface area contributed by atoms with Gasteiger partial charge in [0.15, 0.2) is 11.6 Å². The zero-order chi connectivity index (χ0) is 27.8. The van der Waals surface area contributed by atoms with Crippen LogP contribution in [0.5, 0.6) is 5.88 Å². The fraction of sp³-hybridized carbons (Fsp3) is 0.321. The van der Waals surface area contributed by atoms with Crippen LogP contribution in [0.25, 0.3) is 10.9 Å². The van der Waals surface area contributed by atoms with Crippen molar-refractivity contribution in [2.75, 3.05) is 11.5 Å². The van der Waals surface area contributed by atoms with Crippen LogP contribution in [0, 0.1) is 0 Å². The van der Waals surface area contributed by atoms with Crippen LogP contribution in [0.1, 0.15) is 65.4 Å². The molecule has 39 heavy (non-hydrogen) atoms. The summed E-state index contributed by atoms with van der Waals surface area (Å²) in [6.07, 6.45) is 7.52. The highest BCUT2D eigenvalue weighted by molar-refractivity contribution is 7.99. The van der Waals surface area contributed by atoms with Gasteiger partial charge >= 0.3 is 11.9 Å². The molecule has 10 nitrogen and oxygen atoms in total. The summed E-state index contributed by atoms with van der Waals surface area (Å²) in [4.78, 5) is 30.9. The first-order valence-electron chi connectivity index (χ1n) is 12.9. The number of carboxylic acids is 1. The molecule has 0 unspecified atom stereocenters. The highest BCUT2D eigenvalue weighted by atomic mass is 32.2. The summed E-state index contributed by atoms with van der Waals surface area (Å²) in [7, 11) is 0. The summed E-state index contributed by atoms with van der Waals surface area (Å²) in [6, 6.07) is 12.8. The largest absolute Gasteiger partial charge is 0.493 e. The highest BCUT2D eigenvalue weighted by Gasteiger charge is 2.18. The number of unbranched alkanes of at least 4 members (excludes halogenated alkanes) is 4. The first-order chi connectivity index (χ1) is 18.9. The molecular formula is C28H32N6O4S. The molecule has 11 heteroatoms. The van der Waals surface area contributed by atoms with Gasteiger partial charge in [0, 0.05) is 22.6 Å². The maximum absolute atomic E-state index is 12.4. The van der Waals surface area contributed by atoms with Gasteiger partial charge in [0.1, 0.15) is 5.69 Å². The van der Waals surface area contributed by atoms with E-state index in [1.54, 1.807) is 23.9 Å². The van der Waals surface area contributed by atoms with Crippen LogP contribution in [-0.2, 0) is 13.0 Å². The van der Waals surface area contributed by atoms with Crippen LogP contribution >= 0.6 is 11.8 Å². The monoisotopic (exact) mass is 548 g/mol. The van der Waals surface area contributed by atoms with Crippen molar-refractivity contribution in [1.82, 2.24) is 14.5 Å². The quantitative estimate of drug-likeness (QED) is 0.0834. The van der Waals surface area contributed by atoms with Gasteiger partial charge in [-0.2, -0.15) is 0 Å². The molecular weight excluding hydrogens is 516 g/mol. The molecule has 0 saturated heterocycles. The summed E-state index contributed by atoms with van der Waals surface area (Å²) >= 11 is 1.64. The summed E-state index contributed by atoms with van der Waals surface area (Å²) in [5.41, 5.74) is 8.05. The fourth-order valence-corrected chi connectivity index (χ4v) is 5.22. The maximum atomic E-state index is 12.4. The number of nitrogens with one attached hydrogen (secondary N) is 1. The molecule has 0 radical (unpaired) electrons. The Morgan fingerprint density at radius 2 is 1.87 bits per heavy atom. The molecule has 2 heterocycles. The second kappa shape index (κ2) is 13.1. The Labute approximate surface area is 230 Å². The summed E-state index contributed by atoms with van der Waals surface area (Å²) in [5.74, 6) is -0.724. The van der Waals surface area contributed by atoms with Crippen LogP contribution in [0.15, 0.2) is 63.8 Å². The number of hydrogen-bond acceptors (Lipinski definition) is 7. The van der Waals surface area contributed by atoms with Gasteiger partial charge in [-0.25, -0.2) is 9.78 Å². The number of aryl methyl sites for hydroxylation is 2. The smallest absolute Gasteiger partial charge is 0.335 e. The summed E-state index contributed by atoms with van der Waals surface area (Å²) in [5, 5.41) is 28.8. The van der Waals surface area contributed by atoms with E-state index in [1.165, 1.54) is 12.6 Å². The number of carboxylic acid groups (broad SMARTS) is 1. The zero-order valence-corrected chi connectivity index (χ0v) is 22.6. The predicted molar refractivity (Wildman–Crippen MR) is 152 cm³/mol. The molecule has 4 aromatic rings. The summed E-state index contributed by atoms with van der Waals surface area (Å²) < 4.78 is 1.83. The van der Waals surface area contributed by atoms with Crippen molar-refractivity contribution in [3.8, 4) is 5.88 Å². The number of nitrogen functional groups attached to an aromatic ring is 1. The minimum atomic E-state index is -0.941. The molecule has 0 fully saturated rings. The number of azo groups is 1. The molecule has 0 bridgehead atoms. The Bertz CT molecular complexity index is 1480. The molecule has 0 aliphatic heterocycles. The van der Waals surface area contributed by atoms with Crippen molar-refractivity contribution in [3.63, 3.8) is 0 Å². The average Bonchev–Trinajstić information content (AvgIpc) is 3.48. The van der Waals surface area contributed by atoms with E-state index in [1.807, 2.05) is 34.9 Å². The number of fused-ring (bicyclic) bond motifs is 1. The van der Waals surface area contributed by atoms with Crippen molar-refractivity contribution in [1.29, 1.82) is 0 Å². The lowest BCUT2D eigenvalue weighted by atomic mass is 10.1. The number of imidazole rings is 1. The molecule has 204 valence electrons. The van der Waals surface area contributed by atoms with E-state index in [2.05, 4.69) is 27.1 Å². The molecule has 0 atom stereocenters. The number of nitrogens with zero attached hydrogens (tertiary/aromatic N) is 4. The number of H-pyrrole nitrogens is 1.